The lowest BCUT2D eigenvalue weighted by atomic mass is 9.94. The van der Waals surface area contributed by atoms with Crippen LogP contribution in [0.3, 0.4) is 0 Å². The summed E-state index contributed by atoms with van der Waals surface area (Å²) in [7, 11) is 0. The van der Waals surface area contributed by atoms with Gasteiger partial charge in [0, 0.05) is 11.6 Å². The first-order valence-electron chi connectivity index (χ1n) is 7.31. The normalized spacial score (nSPS) is 21.9. The molecule has 0 atom stereocenters. The molecular weight excluding hydrogens is 268 g/mol. The van der Waals surface area contributed by atoms with Crippen molar-refractivity contribution >= 4 is 18.0 Å². The maximum atomic E-state index is 12.4. The number of aromatic hydroxyl groups is 1. The van der Waals surface area contributed by atoms with E-state index in [1.807, 2.05) is 0 Å². The minimum atomic E-state index is -0.353. The molecule has 0 radical (unpaired) electrons. The summed E-state index contributed by atoms with van der Waals surface area (Å²) in [5, 5.41) is 12.4. The van der Waals surface area contributed by atoms with Crippen LogP contribution in [0.15, 0.2) is 30.0 Å². The minimum absolute atomic E-state index is 0.00141. The fourth-order valence-electron chi connectivity index (χ4n) is 2.98. The Morgan fingerprint density at radius 1 is 1.14 bits per heavy atom. The standard InChI is InChI=1S/C16H18N2O3/c19-14-9-5-4-6-11(14)10-13-15(20)18(16(21)17-13)12-7-2-1-3-8-12/h4-6,9-10,12,19H,1-3,7-8H2,(H,17,21)/b13-10-. The Labute approximate surface area is 123 Å². The van der Waals surface area contributed by atoms with E-state index in [2.05, 4.69) is 5.32 Å². The average molecular weight is 286 g/mol. The third-order valence-corrected chi connectivity index (χ3v) is 4.09. The highest BCUT2D eigenvalue weighted by atomic mass is 16.3. The van der Waals surface area contributed by atoms with Crippen molar-refractivity contribution in [1.82, 2.24) is 10.2 Å². The molecule has 0 unspecified atom stereocenters. The molecular formula is C16H18N2O3. The molecule has 21 heavy (non-hydrogen) atoms. The minimum Gasteiger partial charge on any atom is -0.507 e. The van der Waals surface area contributed by atoms with Crippen LogP contribution in [0.1, 0.15) is 37.7 Å². The van der Waals surface area contributed by atoms with Gasteiger partial charge >= 0.3 is 6.03 Å². The number of hydrogen-bond donors (Lipinski definition) is 2. The lowest BCUT2D eigenvalue weighted by Crippen LogP contribution is -2.41. The molecule has 0 bridgehead atoms. The maximum Gasteiger partial charge on any atom is 0.329 e. The second-order valence-electron chi connectivity index (χ2n) is 5.51. The van der Waals surface area contributed by atoms with E-state index in [0.717, 1.165) is 25.7 Å². The molecule has 1 saturated carbocycles. The zero-order valence-corrected chi connectivity index (χ0v) is 11.7. The molecule has 1 aliphatic carbocycles. The van der Waals surface area contributed by atoms with Crippen molar-refractivity contribution in [2.75, 3.05) is 0 Å². The molecule has 110 valence electrons. The van der Waals surface area contributed by atoms with E-state index in [1.54, 1.807) is 24.3 Å². The molecule has 1 aromatic carbocycles. The zero-order valence-electron chi connectivity index (χ0n) is 11.7. The molecule has 1 aliphatic heterocycles. The molecule has 2 aliphatic rings. The summed E-state index contributed by atoms with van der Waals surface area (Å²) in [4.78, 5) is 25.8. The summed E-state index contributed by atoms with van der Waals surface area (Å²) in [6.45, 7) is 0. The summed E-state index contributed by atoms with van der Waals surface area (Å²) < 4.78 is 0. The average Bonchev–Trinajstić information content (AvgIpc) is 2.77. The van der Waals surface area contributed by atoms with Gasteiger partial charge in [-0.05, 0) is 25.0 Å². The van der Waals surface area contributed by atoms with Crippen molar-refractivity contribution in [3.05, 3.63) is 35.5 Å². The van der Waals surface area contributed by atoms with Crippen molar-refractivity contribution in [1.29, 1.82) is 0 Å². The van der Waals surface area contributed by atoms with Crippen molar-refractivity contribution in [3.8, 4) is 5.75 Å². The molecule has 1 heterocycles. The summed E-state index contributed by atoms with van der Waals surface area (Å²) in [6, 6.07) is 6.37. The Balaban J connectivity index is 1.84. The van der Waals surface area contributed by atoms with Crippen LogP contribution in [-0.4, -0.2) is 28.0 Å². The number of para-hydroxylation sites is 1. The summed E-state index contributed by atoms with van der Waals surface area (Å²) in [6.07, 6.45) is 6.56. The van der Waals surface area contributed by atoms with Crippen LogP contribution in [0.4, 0.5) is 4.79 Å². The monoisotopic (exact) mass is 286 g/mol. The lowest BCUT2D eigenvalue weighted by Gasteiger charge is -2.28. The summed E-state index contributed by atoms with van der Waals surface area (Å²) >= 11 is 0. The Bertz CT molecular complexity index is 603. The maximum absolute atomic E-state index is 12.4. The fourth-order valence-corrected chi connectivity index (χ4v) is 2.98. The number of nitrogens with one attached hydrogen (secondary N) is 1. The highest BCUT2D eigenvalue weighted by Crippen LogP contribution is 2.27. The first-order chi connectivity index (χ1) is 10.2. The number of nitrogens with zero attached hydrogens (tertiary/aromatic N) is 1. The highest BCUT2D eigenvalue weighted by Gasteiger charge is 2.38. The predicted octanol–water partition coefficient (Wildman–Crippen LogP) is 2.62. The number of rotatable bonds is 2. The van der Waals surface area contributed by atoms with E-state index in [0.29, 0.717) is 5.56 Å². The van der Waals surface area contributed by atoms with Crippen molar-refractivity contribution in [3.63, 3.8) is 0 Å². The molecule has 0 aromatic heterocycles. The van der Waals surface area contributed by atoms with Gasteiger partial charge in [0.05, 0.1) is 0 Å². The number of imide groups is 1. The molecule has 1 aromatic rings. The van der Waals surface area contributed by atoms with E-state index in [1.165, 1.54) is 17.4 Å². The number of phenols is 1. The molecule has 0 spiro atoms. The molecule has 1 saturated heterocycles. The highest BCUT2D eigenvalue weighted by molar-refractivity contribution is 6.14. The second kappa shape index (κ2) is 5.60. The van der Waals surface area contributed by atoms with Gasteiger partial charge in [-0.2, -0.15) is 0 Å². The van der Waals surface area contributed by atoms with E-state index in [9.17, 15) is 14.7 Å². The van der Waals surface area contributed by atoms with E-state index in [4.69, 9.17) is 0 Å². The van der Waals surface area contributed by atoms with Gasteiger partial charge in [0.15, 0.2) is 0 Å². The van der Waals surface area contributed by atoms with E-state index < -0.39 is 0 Å². The number of carbonyl (C=O) groups is 2. The molecule has 2 N–H and O–H groups in total. The van der Waals surface area contributed by atoms with Gasteiger partial charge in [-0.1, -0.05) is 37.5 Å². The zero-order chi connectivity index (χ0) is 14.8. The van der Waals surface area contributed by atoms with Crippen LogP contribution in [0, 0.1) is 0 Å². The van der Waals surface area contributed by atoms with Crippen molar-refractivity contribution in [2.24, 2.45) is 0 Å². The summed E-state index contributed by atoms with van der Waals surface area (Å²) in [5.74, 6) is -0.210. The smallest absolute Gasteiger partial charge is 0.329 e. The van der Waals surface area contributed by atoms with Gasteiger partial charge in [0.2, 0.25) is 0 Å². The first-order valence-corrected chi connectivity index (χ1v) is 7.31. The molecule has 5 heteroatoms. The van der Waals surface area contributed by atoms with Gasteiger partial charge < -0.3 is 10.4 Å². The third kappa shape index (κ3) is 2.63. The summed E-state index contributed by atoms with van der Waals surface area (Å²) in [5.41, 5.74) is 0.749. The van der Waals surface area contributed by atoms with Crippen molar-refractivity contribution < 1.29 is 14.7 Å². The number of phenolic OH excluding ortho intramolecular Hbond substituents is 1. The Hall–Kier alpha value is -2.30. The Morgan fingerprint density at radius 3 is 2.57 bits per heavy atom. The van der Waals surface area contributed by atoms with E-state index >= 15 is 0 Å². The van der Waals surface area contributed by atoms with Crippen LogP contribution in [0.2, 0.25) is 0 Å². The molecule has 2 fully saturated rings. The predicted molar refractivity (Wildman–Crippen MR) is 78.3 cm³/mol. The number of amides is 3. The third-order valence-electron chi connectivity index (χ3n) is 4.09. The number of benzene rings is 1. The molecule has 3 amide bonds. The van der Waals surface area contributed by atoms with E-state index in [-0.39, 0.29) is 29.4 Å². The van der Waals surface area contributed by atoms with Crippen LogP contribution >= 0.6 is 0 Å². The van der Waals surface area contributed by atoms with Gasteiger partial charge in [0.1, 0.15) is 11.4 Å². The second-order valence-corrected chi connectivity index (χ2v) is 5.51. The number of carbonyl (C=O) groups excluding carboxylic acids is 2. The molecule has 3 rings (SSSR count). The van der Waals surface area contributed by atoms with Crippen LogP contribution in [-0.2, 0) is 4.79 Å². The number of urea groups is 1. The van der Waals surface area contributed by atoms with Crippen molar-refractivity contribution in [2.45, 2.75) is 38.1 Å². The fraction of sp³-hybridized carbons (Fsp3) is 0.375. The van der Waals surface area contributed by atoms with Crippen LogP contribution in [0.25, 0.3) is 6.08 Å². The van der Waals surface area contributed by atoms with Gasteiger partial charge in [-0.3, -0.25) is 9.69 Å². The lowest BCUT2D eigenvalue weighted by molar-refractivity contribution is -0.124. The topological polar surface area (TPSA) is 69.6 Å². The molecule has 5 nitrogen and oxygen atoms in total. The quantitative estimate of drug-likeness (QED) is 0.648. The first kappa shape index (κ1) is 13.7. The Kier molecular flexibility index (Phi) is 3.64. The van der Waals surface area contributed by atoms with Crippen LogP contribution in [0.5, 0.6) is 5.75 Å². The SMILES string of the molecule is O=C1N/C(=C\c2ccccc2O)C(=O)N1C1CCCCC1. The largest absolute Gasteiger partial charge is 0.507 e. The van der Waals surface area contributed by atoms with Gasteiger partial charge in [0.25, 0.3) is 5.91 Å². The Morgan fingerprint density at radius 2 is 1.86 bits per heavy atom. The van der Waals surface area contributed by atoms with Crippen LogP contribution < -0.4 is 5.32 Å². The van der Waals surface area contributed by atoms with Gasteiger partial charge in [-0.25, -0.2) is 4.79 Å². The number of hydrogen-bond acceptors (Lipinski definition) is 3. The van der Waals surface area contributed by atoms with Gasteiger partial charge in [-0.15, -0.1) is 0 Å².